The van der Waals surface area contributed by atoms with Gasteiger partial charge in [-0.3, -0.25) is 5.84 Å². The van der Waals surface area contributed by atoms with Gasteiger partial charge in [-0.15, -0.1) is 0 Å². The monoisotopic (exact) mass is 406 g/mol. The number of nitrogens with one attached hydrogen (secondary N) is 3. The summed E-state index contributed by atoms with van der Waals surface area (Å²) in [5.41, 5.74) is 2.55. The normalized spacial score (nSPS) is 10.8. The van der Waals surface area contributed by atoms with Crippen LogP contribution in [0.1, 0.15) is 22.8 Å². The Labute approximate surface area is 162 Å². The molecule has 0 atom stereocenters. The number of nitrogens with two attached hydrogens (primary N) is 1. The van der Waals surface area contributed by atoms with Crippen molar-refractivity contribution >= 4 is 16.0 Å². The van der Waals surface area contributed by atoms with Crippen molar-refractivity contribution in [3.63, 3.8) is 0 Å². The minimum atomic E-state index is -3.81. The maximum Gasteiger partial charge on any atom is 0.335 e. The van der Waals surface area contributed by atoms with E-state index < -0.39 is 16.0 Å². The predicted octanol–water partition coefficient (Wildman–Crippen LogP) is 2.25. The Bertz CT molecular complexity index is 1030. The summed E-state index contributed by atoms with van der Waals surface area (Å²) in [6.07, 6.45) is 3.76. The number of aromatic nitrogens is 2. The SMILES string of the molecule is CCOc1c[nH]c(-c2ccc[nH]2)c1.Cc1ccc(S(=O)(=O)NN)cc1C(=O)O. The fourth-order valence-corrected chi connectivity index (χ4v) is 3.00. The fraction of sp³-hybridized carbons (Fsp3) is 0.167. The van der Waals surface area contributed by atoms with Crippen LogP contribution in [-0.2, 0) is 10.0 Å². The minimum Gasteiger partial charge on any atom is -0.492 e. The van der Waals surface area contributed by atoms with Gasteiger partial charge in [0, 0.05) is 18.5 Å². The molecule has 0 fully saturated rings. The van der Waals surface area contributed by atoms with E-state index in [1.165, 1.54) is 12.1 Å². The second-order valence-electron chi connectivity index (χ2n) is 5.67. The number of hydrogen-bond donors (Lipinski definition) is 5. The Morgan fingerprint density at radius 1 is 1.21 bits per heavy atom. The zero-order valence-electron chi connectivity index (χ0n) is 15.4. The molecule has 0 aliphatic heterocycles. The summed E-state index contributed by atoms with van der Waals surface area (Å²) in [5.74, 6) is 4.52. The smallest absolute Gasteiger partial charge is 0.335 e. The third-order valence-corrected chi connectivity index (χ3v) is 4.95. The van der Waals surface area contributed by atoms with Crippen molar-refractivity contribution < 1.29 is 23.1 Å². The molecule has 0 saturated heterocycles. The van der Waals surface area contributed by atoms with E-state index in [4.69, 9.17) is 15.7 Å². The molecule has 0 aliphatic carbocycles. The van der Waals surface area contributed by atoms with Gasteiger partial charge in [0.1, 0.15) is 5.75 Å². The summed E-state index contributed by atoms with van der Waals surface area (Å²) in [7, 11) is -3.81. The van der Waals surface area contributed by atoms with E-state index in [-0.39, 0.29) is 10.5 Å². The Kier molecular flexibility index (Phi) is 6.99. The number of rotatable bonds is 6. The van der Waals surface area contributed by atoms with Crippen LogP contribution in [-0.4, -0.2) is 36.1 Å². The first-order valence-corrected chi connectivity index (χ1v) is 9.78. The van der Waals surface area contributed by atoms with Crippen molar-refractivity contribution in [2.45, 2.75) is 18.7 Å². The van der Waals surface area contributed by atoms with Gasteiger partial charge >= 0.3 is 5.97 Å². The maximum atomic E-state index is 11.3. The largest absolute Gasteiger partial charge is 0.492 e. The maximum absolute atomic E-state index is 11.3. The summed E-state index contributed by atoms with van der Waals surface area (Å²) < 4.78 is 27.9. The lowest BCUT2D eigenvalue weighted by molar-refractivity contribution is 0.0696. The zero-order chi connectivity index (χ0) is 20.7. The summed E-state index contributed by atoms with van der Waals surface area (Å²) in [4.78, 5) is 18.5. The molecule has 0 radical (unpaired) electrons. The molecule has 1 aromatic carbocycles. The summed E-state index contributed by atoms with van der Waals surface area (Å²) in [5, 5.41) is 8.78. The topological polar surface area (TPSA) is 150 Å². The first kappa shape index (κ1) is 21.2. The van der Waals surface area contributed by atoms with Crippen molar-refractivity contribution in [1.29, 1.82) is 0 Å². The van der Waals surface area contributed by atoms with Gasteiger partial charge in [-0.1, -0.05) is 6.07 Å². The summed E-state index contributed by atoms with van der Waals surface area (Å²) >= 11 is 0. The first-order valence-electron chi connectivity index (χ1n) is 8.29. The van der Waals surface area contributed by atoms with Crippen LogP contribution in [0.3, 0.4) is 0 Å². The number of sulfonamides is 1. The molecule has 28 heavy (non-hydrogen) atoms. The van der Waals surface area contributed by atoms with E-state index in [1.807, 2.05) is 37.5 Å². The molecule has 150 valence electrons. The van der Waals surface area contributed by atoms with Crippen LogP contribution < -0.4 is 15.4 Å². The van der Waals surface area contributed by atoms with Crippen LogP contribution in [0.2, 0.25) is 0 Å². The molecule has 3 aromatic rings. The van der Waals surface area contributed by atoms with Gasteiger partial charge in [-0.2, -0.15) is 4.83 Å². The van der Waals surface area contributed by atoms with E-state index in [0.29, 0.717) is 12.2 Å². The number of aryl methyl sites for hydroxylation is 1. The van der Waals surface area contributed by atoms with Gasteiger partial charge in [0.25, 0.3) is 10.0 Å². The first-order chi connectivity index (χ1) is 13.3. The van der Waals surface area contributed by atoms with Crippen LogP contribution in [0, 0.1) is 6.92 Å². The highest BCUT2D eigenvalue weighted by molar-refractivity contribution is 7.89. The number of hydrogen-bond acceptors (Lipinski definition) is 5. The lowest BCUT2D eigenvalue weighted by Crippen LogP contribution is -2.30. The second-order valence-corrected chi connectivity index (χ2v) is 7.38. The quantitative estimate of drug-likeness (QED) is 0.313. The van der Waals surface area contributed by atoms with Crippen LogP contribution in [0.5, 0.6) is 5.75 Å². The van der Waals surface area contributed by atoms with Crippen LogP contribution in [0.25, 0.3) is 11.4 Å². The van der Waals surface area contributed by atoms with Gasteiger partial charge in [-0.05, 0) is 43.7 Å². The summed E-state index contributed by atoms with van der Waals surface area (Å²) in [6, 6.07) is 9.73. The average Bonchev–Trinajstić information content (AvgIpc) is 3.34. The van der Waals surface area contributed by atoms with Crippen LogP contribution in [0.15, 0.2) is 53.7 Å². The Hall–Kier alpha value is -3.08. The third kappa shape index (κ3) is 5.22. The molecule has 0 amide bonds. The van der Waals surface area contributed by atoms with Gasteiger partial charge in [0.05, 0.1) is 28.5 Å². The number of H-pyrrole nitrogens is 2. The number of carboxylic acids is 1. The molecule has 3 rings (SSSR count). The van der Waals surface area contributed by atoms with Crippen molar-refractivity contribution in [2.75, 3.05) is 6.61 Å². The zero-order valence-corrected chi connectivity index (χ0v) is 16.2. The molecule has 0 saturated carbocycles. The number of carboxylic acid groups (broad SMARTS) is 1. The molecule has 10 heteroatoms. The molecule has 0 bridgehead atoms. The van der Waals surface area contributed by atoms with E-state index >= 15 is 0 Å². The molecular weight excluding hydrogens is 384 g/mol. The third-order valence-electron chi connectivity index (χ3n) is 3.76. The minimum absolute atomic E-state index is 0.0636. The molecular formula is C18H22N4O5S. The number of aromatic amines is 2. The number of benzene rings is 1. The number of carbonyl (C=O) groups is 1. The van der Waals surface area contributed by atoms with E-state index in [0.717, 1.165) is 23.2 Å². The lowest BCUT2D eigenvalue weighted by Gasteiger charge is -2.05. The molecule has 6 N–H and O–H groups in total. The highest BCUT2D eigenvalue weighted by Gasteiger charge is 2.15. The highest BCUT2D eigenvalue weighted by atomic mass is 32.2. The molecule has 2 heterocycles. The molecule has 0 unspecified atom stereocenters. The standard InChI is InChI=1S/C10H12N2O.C8H10N2O4S/c1-2-13-8-6-10(12-7-8)9-4-3-5-11-9;1-5-2-3-6(15(13,14)10-9)4-7(5)8(11)12/h3-7,11-12H,2H2,1H3;2-4,10H,9H2,1H3,(H,11,12). The Morgan fingerprint density at radius 3 is 2.54 bits per heavy atom. The van der Waals surface area contributed by atoms with Crippen molar-refractivity contribution in [1.82, 2.24) is 14.8 Å². The number of aromatic carboxylic acids is 1. The van der Waals surface area contributed by atoms with Gasteiger partial charge in [-0.25, -0.2) is 13.2 Å². The molecule has 0 aliphatic rings. The average molecular weight is 406 g/mol. The Morgan fingerprint density at radius 2 is 1.96 bits per heavy atom. The van der Waals surface area contributed by atoms with Crippen LogP contribution >= 0.6 is 0 Å². The molecule has 9 nitrogen and oxygen atoms in total. The van der Waals surface area contributed by atoms with Crippen molar-refractivity contribution in [3.05, 3.63) is 59.9 Å². The van der Waals surface area contributed by atoms with Gasteiger partial charge in [0.15, 0.2) is 0 Å². The van der Waals surface area contributed by atoms with E-state index in [9.17, 15) is 13.2 Å². The van der Waals surface area contributed by atoms with Crippen LogP contribution in [0.4, 0.5) is 0 Å². The predicted molar refractivity (Wildman–Crippen MR) is 104 cm³/mol. The Balaban J connectivity index is 0.000000202. The van der Waals surface area contributed by atoms with Crippen molar-refractivity contribution in [2.24, 2.45) is 5.84 Å². The second kappa shape index (κ2) is 9.22. The van der Waals surface area contributed by atoms with Gasteiger partial charge in [0.2, 0.25) is 0 Å². The van der Waals surface area contributed by atoms with Crippen molar-refractivity contribution in [3.8, 4) is 17.1 Å². The number of ether oxygens (including phenoxy) is 1. The highest BCUT2D eigenvalue weighted by Crippen LogP contribution is 2.21. The molecule has 2 aromatic heterocycles. The number of hydrazine groups is 1. The summed E-state index contributed by atoms with van der Waals surface area (Å²) in [6.45, 7) is 4.25. The van der Waals surface area contributed by atoms with E-state index in [2.05, 4.69) is 9.97 Å². The fourth-order valence-electron chi connectivity index (χ4n) is 2.34. The van der Waals surface area contributed by atoms with E-state index in [1.54, 1.807) is 11.8 Å². The molecule has 0 spiro atoms. The van der Waals surface area contributed by atoms with Gasteiger partial charge < -0.3 is 19.8 Å². The lowest BCUT2D eigenvalue weighted by atomic mass is 10.1.